The molecule has 23 N–H and O–H groups in total. The zero-order chi connectivity index (χ0) is 68.8. The van der Waals surface area contributed by atoms with Crippen molar-refractivity contribution < 1.29 is 92.7 Å². The summed E-state index contributed by atoms with van der Waals surface area (Å²) in [5, 5.41) is 76.5. The number of phenols is 1. The van der Waals surface area contributed by atoms with E-state index in [0.29, 0.717) is 12.1 Å². The lowest BCUT2D eigenvalue weighted by Crippen LogP contribution is -2.63. The molecule has 0 spiro atoms. The fraction of sp³-hybridized carbons (Fsp3) is 0.589. The van der Waals surface area contributed by atoms with Gasteiger partial charge in [0.15, 0.2) is 0 Å². The lowest BCUT2D eigenvalue weighted by atomic mass is 10.0. The first-order chi connectivity index (χ1) is 42.7. The third-order valence-electron chi connectivity index (χ3n) is 13.5. The number of nitrogens with zero attached hydrogens (tertiary/aromatic N) is 1. The van der Waals surface area contributed by atoms with Crippen LogP contribution >= 0.6 is 0 Å². The summed E-state index contributed by atoms with van der Waals surface area (Å²) in [6.07, 6.45) is -1.03. The largest absolute Gasteiger partial charge is 0.508 e. The normalized spacial score (nSPS) is 15.1. The Bertz CT molecular complexity index is 2820. The maximum atomic E-state index is 14.1. The Balaban J connectivity index is 2.35. The van der Waals surface area contributed by atoms with Crippen LogP contribution < -0.4 is 75.7 Å². The van der Waals surface area contributed by atoms with Crippen molar-refractivity contribution in [2.75, 3.05) is 19.8 Å². The number of imidazole rings is 1. The van der Waals surface area contributed by atoms with Crippen LogP contribution in [-0.2, 0) is 80.0 Å². The first-order valence-electron chi connectivity index (χ1n) is 29.1. The van der Waals surface area contributed by atoms with E-state index in [9.17, 15) is 92.7 Å². The predicted molar refractivity (Wildman–Crippen MR) is 320 cm³/mol. The van der Waals surface area contributed by atoms with Crippen molar-refractivity contribution in [3.05, 3.63) is 48.0 Å². The molecule has 1 aromatic heterocycles. The summed E-state index contributed by atoms with van der Waals surface area (Å²) in [6.45, 7) is 8.23. The zero-order valence-electron chi connectivity index (χ0n) is 51.7. The Morgan fingerprint density at radius 1 is 0.516 bits per heavy atom. The number of primary amides is 2. The molecule has 0 aliphatic rings. The van der Waals surface area contributed by atoms with Gasteiger partial charge in [-0.05, 0) is 82.0 Å². The number of benzene rings is 1. The van der Waals surface area contributed by atoms with Gasteiger partial charge >= 0.3 is 5.97 Å². The van der Waals surface area contributed by atoms with Crippen molar-refractivity contribution in [3.8, 4) is 5.75 Å². The Morgan fingerprint density at radius 3 is 1.44 bits per heavy atom. The molecule has 13 amide bonds. The zero-order valence-corrected chi connectivity index (χ0v) is 51.7. The average Bonchev–Trinajstić information content (AvgIpc) is 1.77. The number of phenolic OH excluding ortho intramolecular Hbond substituents is 1. The Hall–Kier alpha value is -9.35. The number of H-pyrrole nitrogens is 1. The third-order valence-corrected chi connectivity index (χ3v) is 13.5. The van der Waals surface area contributed by atoms with Crippen molar-refractivity contribution in [3.63, 3.8) is 0 Å². The fourth-order valence-corrected chi connectivity index (χ4v) is 8.74. The minimum atomic E-state index is -2.02. The van der Waals surface area contributed by atoms with Crippen LogP contribution in [-0.4, -0.2) is 211 Å². The number of amides is 13. The lowest BCUT2D eigenvalue weighted by molar-refractivity contribution is -0.141. The summed E-state index contributed by atoms with van der Waals surface area (Å²) >= 11 is 0. The van der Waals surface area contributed by atoms with Crippen LogP contribution in [0.1, 0.15) is 105 Å². The molecular formula is C56H88N16O19. The number of rotatable bonds is 41. The van der Waals surface area contributed by atoms with Crippen molar-refractivity contribution in [2.45, 2.75) is 179 Å². The molecule has 1 aromatic carbocycles. The number of aromatic nitrogens is 2. The number of nitrogens with two attached hydrogens (primary N) is 3. The summed E-state index contributed by atoms with van der Waals surface area (Å²) < 4.78 is 0. The van der Waals surface area contributed by atoms with Crippen LogP contribution in [0.3, 0.4) is 0 Å². The van der Waals surface area contributed by atoms with E-state index < -0.39 is 188 Å². The van der Waals surface area contributed by atoms with E-state index in [1.54, 1.807) is 27.7 Å². The highest BCUT2D eigenvalue weighted by Gasteiger charge is 2.38. The van der Waals surface area contributed by atoms with Gasteiger partial charge < -0.3 is 106 Å². The molecule has 2 rings (SSSR count). The second-order valence-corrected chi connectivity index (χ2v) is 22.4. The highest BCUT2D eigenvalue weighted by Crippen LogP contribution is 2.14. The molecule has 1 heterocycles. The molecule has 91 heavy (non-hydrogen) atoms. The smallest absolute Gasteiger partial charge is 0.305 e. The maximum Gasteiger partial charge on any atom is 0.305 e. The van der Waals surface area contributed by atoms with Crippen molar-refractivity contribution in [2.24, 2.45) is 29.0 Å². The first kappa shape index (κ1) is 77.7. The quantitative estimate of drug-likeness (QED) is 0.0275. The first-order valence-corrected chi connectivity index (χ1v) is 29.1. The van der Waals surface area contributed by atoms with Gasteiger partial charge in [0.1, 0.15) is 72.2 Å². The van der Waals surface area contributed by atoms with Crippen LogP contribution in [0.2, 0.25) is 0 Å². The van der Waals surface area contributed by atoms with Crippen LogP contribution in [0.15, 0.2) is 36.8 Å². The number of aromatic amines is 1. The second kappa shape index (κ2) is 38.9. The molecule has 2 aromatic rings. The molecule has 0 bridgehead atoms. The van der Waals surface area contributed by atoms with Crippen LogP contribution in [0.25, 0.3) is 0 Å². The number of unbranched alkanes of at least 4 members (excludes halogenated alkanes) is 1. The number of nitrogens with one attached hydrogen (secondary N) is 12. The summed E-state index contributed by atoms with van der Waals surface area (Å²) in [4.78, 5) is 192. The van der Waals surface area contributed by atoms with E-state index in [-0.39, 0.29) is 61.8 Å². The molecule has 0 aliphatic heterocycles. The van der Waals surface area contributed by atoms with Crippen LogP contribution in [0, 0.1) is 11.8 Å². The van der Waals surface area contributed by atoms with Gasteiger partial charge in [0.2, 0.25) is 76.8 Å². The Kier molecular flexibility index (Phi) is 33.3. The Morgan fingerprint density at radius 2 is 0.956 bits per heavy atom. The average molecular weight is 1290 g/mol. The van der Waals surface area contributed by atoms with Gasteiger partial charge in [0.25, 0.3) is 0 Å². The van der Waals surface area contributed by atoms with Gasteiger partial charge in [-0.1, -0.05) is 39.8 Å². The standard InChI is InChI=1S/C56H88N16O19/c1-26(2)16-35(46(59)81)65-51(86)38(19-32-22-60-25-61-32)67-52(87)39(20-43(58)78)69-56(91)45(29(6)75)72-55(90)42(24-74)71-50(85)37(18-31-11-13-33(77)14-12-31)66-54(89)41(23-73)70-47(82)28(5)62-48(83)34(10-8-9-15-57)64-53(88)40(21-44(79)80)68-49(84)36(17-27(3)4)63-30(7)76/h11-14,22,25-29,34-42,45,73-75,77H,8-10,15-21,23-24,57H2,1-7H3,(H2,58,78)(H2,59,81)(H,60,61)(H,62,83)(H,63,76)(H,64,88)(H,65,86)(H,66,89)(H,67,87)(H,68,84)(H,69,91)(H,70,82)(H,71,85)(H,72,90)(H,79,80). The number of carbonyl (C=O) groups is 14. The molecular weight excluding hydrogens is 1200 g/mol. The topological polar surface area (TPSA) is 579 Å². The molecule has 35 nitrogen and oxygen atoms in total. The van der Waals surface area contributed by atoms with E-state index in [1.807, 2.05) is 0 Å². The van der Waals surface area contributed by atoms with Crippen LogP contribution in [0.5, 0.6) is 5.75 Å². The third kappa shape index (κ3) is 28.4. The number of hydrogen-bond acceptors (Lipinski definition) is 20. The molecule has 0 aliphatic carbocycles. The highest BCUT2D eigenvalue weighted by molar-refractivity contribution is 6.00. The monoisotopic (exact) mass is 1290 g/mol. The highest BCUT2D eigenvalue weighted by atomic mass is 16.4. The predicted octanol–water partition coefficient (Wildman–Crippen LogP) is -7.30. The van der Waals surface area contributed by atoms with E-state index >= 15 is 0 Å². The minimum absolute atomic E-state index is 0.111. The molecule has 0 fully saturated rings. The second-order valence-electron chi connectivity index (χ2n) is 22.4. The number of carboxylic acids is 1. The molecule has 0 saturated carbocycles. The summed E-state index contributed by atoms with van der Waals surface area (Å²) in [7, 11) is 0. The van der Waals surface area contributed by atoms with Gasteiger partial charge in [0.05, 0.1) is 38.5 Å². The number of aromatic hydroxyl groups is 1. The molecule has 35 heteroatoms. The van der Waals surface area contributed by atoms with Crippen molar-refractivity contribution in [1.82, 2.24) is 68.5 Å². The van der Waals surface area contributed by atoms with E-state index in [2.05, 4.69) is 68.5 Å². The van der Waals surface area contributed by atoms with E-state index in [0.717, 1.165) is 20.8 Å². The number of aliphatic hydroxyl groups is 3. The number of carbonyl (C=O) groups excluding carboxylic acids is 13. The summed E-state index contributed by atoms with van der Waals surface area (Å²) in [5.41, 5.74) is 17.2. The van der Waals surface area contributed by atoms with Gasteiger partial charge in [-0.25, -0.2) is 4.98 Å². The summed E-state index contributed by atoms with van der Waals surface area (Å²) in [5.74, 6) is -15.8. The van der Waals surface area contributed by atoms with Crippen LogP contribution in [0.4, 0.5) is 0 Å². The van der Waals surface area contributed by atoms with Gasteiger partial charge in [-0.15, -0.1) is 0 Å². The van der Waals surface area contributed by atoms with Crippen molar-refractivity contribution in [1.29, 1.82) is 0 Å². The number of carboxylic acid groups (broad SMARTS) is 1. The molecule has 12 unspecified atom stereocenters. The molecule has 0 saturated heterocycles. The van der Waals surface area contributed by atoms with Crippen molar-refractivity contribution >= 4 is 82.8 Å². The SMILES string of the molecule is CC(=O)NC(CC(C)C)C(=O)NC(CC(=O)O)C(=O)NC(CCCCN)C(=O)NC(C)C(=O)NC(CO)C(=O)NC(Cc1ccc(O)cc1)C(=O)NC(CO)C(=O)NC(C(=O)NC(CC(N)=O)C(=O)NC(Cc1cnc[nH]1)C(=O)NC(CC(C)C)C(N)=O)C(C)O. The summed E-state index contributed by atoms with van der Waals surface area (Å²) in [6, 6.07) is -13.0. The van der Waals surface area contributed by atoms with Gasteiger partial charge in [-0.2, -0.15) is 0 Å². The molecule has 12 atom stereocenters. The van der Waals surface area contributed by atoms with Gasteiger partial charge in [-0.3, -0.25) is 67.1 Å². The molecule has 0 radical (unpaired) electrons. The number of hydrogen-bond donors (Lipinski definition) is 20. The number of aliphatic hydroxyl groups excluding tert-OH is 3. The van der Waals surface area contributed by atoms with Gasteiger partial charge in [0, 0.05) is 31.7 Å². The lowest BCUT2D eigenvalue weighted by Gasteiger charge is -2.28. The maximum absolute atomic E-state index is 14.1. The van der Waals surface area contributed by atoms with E-state index in [4.69, 9.17) is 17.2 Å². The van der Waals surface area contributed by atoms with E-state index in [1.165, 1.54) is 36.8 Å². The number of aliphatic carboxylic acids is 1. The Labute approximate surface area is 523 Å². The fourth-order valence-electron chi connectivity index (χ4n) is 8.74. The molecule has 506 valence electrons. The minimum Gasteiger partial charge on any atom is -0.508 e.